The van der Waals surface area contributed by atoms with Gasteiger partial charge in [0.2, 0.25) is 5.91 Å². The number of carbonyl (C=O) groups is 4. The zero-order chi connectivity index (χ0) is 24.5. The lowest BCUT2D eigenvalue weighted by atomic mass is 9.78. The molecule has 1 aliphatic heterocycles. The zero-order valence-electron chi connectivity index (χ0n) is 19.7. The van der Waals surface area contributed by atoms with Gasteiger partial charge in [-0.3, -0.25) is 9.59 Å². The standard InChI is InChI=1S/C23H33N3O6/c1-20(2,3)32-19(31)25-23(13-15-11-9-8-10-12-15)14-26(17(23)28)22(6,7)16(27)24-21(4,5)18(29)30/h8-12H,13-14H2,1-7H3,(H,24,27)(H,25,31)(H,29,30)/t23-/m1/s1. The van der Waals surface area contributed by atoms with Crippen LogP contribution in [0.5, 0.6) is 0 Å². The van der Waals surface area contributed by atoms with Crippen molar-refractivity contribution >= 4 is 23.9 Å². The Balaban J connectivity index is 2.27. The fourth-order valence-corrected chi connectivity index (χ4v) is 3.35. The predicted molar refractivity (Wildman–Crippen MR) is 118 cm³/mol. The second-order valence-corrected chi connectivity index (χ2v) is 10.2. The largest absolute Gasteiger partial charge is 0.480 e. The summed E-state index contributed by atoms with van der Waals surface area (Å²) < 4.78 is 5.35. The van der Waals surface area contributed by atoms with E-state index in [1.807, 2.05) is 30.3 Å². The summed E-state index contributed by atoms with van der Waals surface area (Å²) in [5, 5.41) is 14.5. The van der Waals surface area contributed by atoms with E-state index in [1.54, 1.807) is 20.8 Å². The lowest BCUT2D eigenvalue weighted by molar-refractivity contribution is -0.168. The van der Waals surface area contributed by atoms with Crippen molar-refractivity contribution < 1.29 is 29.0 Å². The van der Waals surface area contributed by atoms with Crippen LogP contribution in [0.25, 0.3) is 0 Å². The minimum atomic E-state index is -1.50. The summed E-state index contributed by atoms with van der Waals surface area (Å²) in [5.41, 5.74) is -4.02. The van der Waals surface area contributed by atoms with Crippen LogP contribution in [-0.2, 0) is 25.5 Å². The molecule has 9 heteroatoms. The monoisotopic (exact) mass is 447 g/mol. The topological polar surface area (TPSA) is 125 Å². The van der Waals surface area contributed by atoms with E-state index in [9.17, 15) is 24.3 Å². The number of likely N-dealkylation sites (tertiary alicyclic amines) is 1. The van der Waals surface area contributed by atoms with E-state index in [0.717, 1.165) is 5.56 Å². The van der Waals surface area contributed by atoms with Gasteiger partial charge in [0.25, 0.3) is 5.91 Å². The summed E-state index contributed by atoms with van der Waals surface area (Å²) in [7, 11) is 0. The van der Waals surface area contributed by atoms with E-state index < -0.39 is 46.1 Å². The molecule has 1 fully saturated rings. The first-order valence-corrected chi connectivity index (χ1v) is 10.4. The number of carbonyl (C=O) groups excluding carboxylic acids is 3. The molecule has 0 radical (unpaired) electrons. The maximum atomic E-state index is 13.4. The number of amides is 3. The van der Waals surface area contributed by atoms with Crippen molar-refractivity contribution in [3.05, 3.63) is 35.9 Å². The van der Waals surface area contributed by atoms with Crippen molar-refractivity contribution in [1.29, 1.82) is 0 Å². The summed E-state index contributed by atoms with van der Waals surface area (Å²) in [6, 6.07) is 9.22. The number of carboxylic acids is 1. The van der Waals surface area contributed by atoms with Gasteiger partial charge in [0.15, 0.2) is 0 Å². The van der Waals surface area contributed by atoms with E-state index in [4.69, 9.17) is 4.74 Å². The second-order valence-electron chi connectivity index (χ2n) is 10.2. The quantitative estimate of drug-likeness (QED) is 0.550. The average Bonchev–Trinajstić information content (AvgIpc) is 2.64. The number of carboxylic acid groups (broad SMARTS) is 1. The van der Waals surface area contributed by atoms with Crippen LogP contribution < -0.4 is 10.6 Å². The molecule has 1 saturated heterocycles. The molecule has 3 N–H and O–H groups in total. The highest BCUT2D eigenvalue weighted by Gasteiger charge is 2.59. The molecule has 0 aliphatic carbocycles. The smallest absolute Gasteiger partial charge is 0.408 e. The molecule has 1 aromatic carbocycles. The molecule has 32 heavy (non-hydrogen) atoms. The number of hydrogen-bond donors (Lipinski definition) is 3. The minimum Gasteiger partial charge on any atom is -0.480 e. The number of nitrogens with one attached hydrogen (secondary N) is 2. The minimum absolute atomic E-state index is 0.0634. The molecular formula is C23H33N3O6. The Morgan fingerprint density at radius 2 is 1.62 bits per heavy atom. The third kappa shape index (κ3) is 5.38. The van der Waals surface area contributed by atoms with E-state index in [1.165, 1.54) is 32.6 Å². The van der Waals surface area contributed by atoms with Crippen molar-refractivity contribution in [2.24, 2.45) is 0 Å². The third-order valence-corrected chi connectivity index (χ3v) is 5.36. The Kier molecular flexibility index (Phi) is 6.64. The molecule has 9 nitrogen and oxygen atoms in total. The molecule has 1 heterocycles. The Morgan fingerprint density at radius 1 is 1.06 bits per heavy atom. The molecular weight excluding hydrogens is 414 g/mol. The van der Waals surface area contributed by atoms with E-state index in [-0.39, 0.29) is 13.0 Å². The fraction of sp³-hybridized carbons (Fsp3) is 0.565. The van der Waals surface area contributed by atoms with E-state index in [2.05, 4.69) is 10.6 Å². The SMILES string of the molecule is CC(C)(C)OC(=O)N[C@]1(Cc2ccccc2)CN(C(C)(C)C(=O)NC(C)(C)C(=O)O)C1=O. The number of β-lactam (4-membered cyclic amide) rings is 1. The fourth-order valence-electron chi connectivity index (χ4n) is 3.35. The molecule has 0 bridgehead atoms. The van der Waals surface area contributed by atoms with Gasteiger partial charge in [-0.1, -0.05) is 30.3 Å². The molecule has 1 aromatic rings. The molecule has 3 amide bonds. The van der Waals surface area contributed by atoms with E-state index in [0.29, 0.717) is 0 Å². The number of ether oxygens (including phenoxy) is 1. The van der Waals surface area contributed by atoms with Crippen molar-refractivity contribution in [2.75, 3.05) is 6.54 Å². The average molecular weight is 448 g/mol. The first kappa shape index (κ1) is 25.2. The number of rotatable bonds is 7. The van der Waals surface area contributed by atoms with Gasteiger partial charge in [-0.2, -0.15) is 0 Å². The van der Waals surface area contributed by atoms with Crippen molar-refractivity contribution in [3.8, 4) is 0 Å². The first-order valence-electron chi connectivity index (χ1n) is 10.4. The first-order chi connectivity index (χ1) is 14.5. The molecule has 2 rings (SSSR count). The van der Waals surface area contributed by atoms with Gasteiger partial charge in [-0.25, -0.2) is 9.59 Å². The Morgan fingerprint density at radius 3 is 2.09 bits per heavy atom. The van der Waals surface area contributed by atoms with Gasteiger partial charge in [0, 0.05) is 6.42 Å². The Hall–Kier alpha value is -3.10. The summed E-state index contributed by atoms with van der Waals surface area (Å²) in [6.45, 7) is 11.1. The molecule has 0 aromatic heterocycles. The van der Waals surface area contributed by atoms with Crippen LogP contribution in [0.2, 0.25) is 0 Å². The highest BCUT2D eigenvalue weighted by Crippen LogP contribution is 2.34. The summed E-state index contributed by atoms with van der Waals surface area (Å²) in [4.78, 5) is 51.5. The molecule has 0 saturated carbocycles. The van der Waals surface area contributed by atoms with Crippen LogP contribution in [0.4, 0.5) is 4.79 Å². The van der Waals surface area contributed by atoms with Crippen LogP contribution in [0.3, 0.4) is 0 Å². The highest BCUT2D eigenvalue weighted by atomic mass is 16.6. The maximum absolute atomic E-state index is 13.4. The van der Waals surface area contributed by atoms with Crippen LogP contribution >= 0.6 is 0 Å². The van der Waals surface area contributed by atoms with Crippen molar-refractivity contribution in [2.45, 2.75) is 77.1 Å². The lowest BCUT2D eigenvalue weighted by Crippen LogP contribution is -2.80. The number of benzene rings is 1. The number of alkyl carbamates (subject to hydrolysis) is 1. The van der Waals surface area contributed by atoms with Crippen LogP contribution in [0.15, 0.2) is 30.3 Å². The number of hydrogen-bond acceptors (Lipinski definition) is 5. The normalized spacial score (nSPS) is 19.1. The summed E-state index contributed by atoms with van der Waals surface area (Å²) in [6.07, 6.45) is -0.503. The lowest BCUT2D eigenvalue weighted by Gasteiger charge is -2.54. The van der Waals surface area contributed by atoms with Gasteiger partial charge < -0.3 is 25.4 Å². The van der Waals surface area contributed by atoms with Gasteiger partial charge in [0.1, 0.15) is 22.2 Å². The number of aliphatic carboxylic acids is 1. The van der Waals surface area contributed by atoms with Crippen LogP contribution in [0, 0.1) is 0 Å². The van der Waals surface area contributed by atoms with Gasteiger partial charge >= 0.3 is 12.1 Å². The third-order valence-electron chi connectivity index (χ3n) is 5.36. The van der Waals surface area contributed by atoms with Crippen molar-refractivity contribution in [1.82, 2.24) is 15.5 Å². The van der Waals surface area contributed by atoms with Crippen LogP contribution in [0.1, 0.15) is 54.0 Å². The molecule has 1 aliphatic rings. The van der Waals surface area contributed by atoms with Gasteiger partial charge in [-0.15, -0.1) is 0 Å². The summed E-state index contributed by atoms with van der Waals surface area (Å²) >= 11 is 0. The molecule has 0 spiro atoms. The highest BCUT2D eigenvalue weighted by molar-refractivity contribution is 6.01. The molecule has 0 unspecified atom stereocenters. The van der Waals surface area contributed by atoms with Gasteiger partial charge in [0.05, 0.1) is 6.54 Å². The van der Waals surface area contributed by atoms with Gasteiger partial charge in [-0.05, 0) is 54.0 Å². The Labute approximate surface area is 188 Å². The van der Waals surface area contributed by atoms with Crippen LogP contribution in [-0.4, -0.2) is 62.6 Å². The number of nitrogens with zero attached hydrogens (tertiary/aromatic N) is 1. The van der Waals surface area contributed by atoms with E-state index >= 15 is 0 Å². The molecule has 176 valence electrons. The Bertz CT molecular complexity index is 904. The van der Waals surface area contributed by atoms with Crippen molar-refractivity contribution in [3.63, 3.8) is 0 Å². The zero-order valence-corrected chi connectivity index (χ0v) is 19.7. The molecule has 1 atom stereocenters. The maximum Gasteiger partial charge on any atom is 0.408 e. The predicted octanol–water partition coefficient (Wildman–Crippen LogP) is 2.09. The second kappa shape index (κ2) is 8.44. The summed E-state index contributed by atoms with van der Waals surface area (Å²) in [5.74, 6) is -2.24.